The average Bonchev–Trinajstić information content (AvgIpc) is 2.09. The van der Waals surface area contributed by atoms with E-state index in [0.29, 0.717) is 25.6 Å². The van der Waals surface area contributed by atoms with Crippen LogP contribution in [0.1, 0.15) is 27.2 Å². The number of carbonyl (C=O) groups is 1. The number of nitrogens with two attached hydrogens (primary N) is 1. The molecule has 0 aliphatic carbocycles. The summed E-state index contributed by atoms with van der Waals surface area (Å²) in [7, 11) is 0. The lowest BCUT2D eigenvalue weighted by Crippen LogP contribution is -2.68. The summed E-state index contributed by atoms with van der Waals surface area (Å²) in [6.45, 7) is 7.81. The van der Waals surface area contributed by atoms with Crippen molar-refractivity contribution in [2.75, 3.05) is 19.7 Å². The fourth-order valence-electron chi connectivity index (χ4n) is 1.40. The Labute approximate surface area is 85.4 Å². The first-order valence-electron chi connectivity index (χ1n) is 5.17. The van der Waals surface area contributed by atoms with Crippen molar-refractivity contribution in [1.82, 2.24) is 4.90 Å². The van der Waals surface area contributed by atoms with E-state index in [0.717, 1.165) is 6.42 Å². The zero-order valence-corrected chi connectivity index (χ0v) is 9.25. The third-order valence-electron chi connectivity index (χ3n) is 2.51. The average molecular weight is 200 g/mol. The minimum absolute atomic E-state index is 0.170. The number of carbonyl (C=O) groups excluding carboxylic acids is 1. The van der Waals surface area contributed by atoms with Gasteiger partial charge in [-0.2, -0.15) is 0 Å². The van der Waals surface area contributed by atoms with Gasteiger partial charge >= 0.3 is 6.09 Å². The zero-order chi connectivity index (χ0) is 10.8. The standard InChI is InChI=1S/C10H20N2O2/c1-4-10(11)6-12(7-10)9(13)14-5-8(2)3/h8H,4-7,11H2,1-3H3. The number of amides is 1. The van der Waals surface area contributed by atoms with Crippen LogP contribution in [0.3, 0.4) is 0 Å². The summed E-state index contributed by atoms with van der Waals surface area (Å²) in [6, 6.07) is 0. The quantitative estimate of drug-likeness (QED) is 0.744. The predicted octanol–water partition coefficient (Wildman–Crippen LogP) is 1.20. The second-order valence-electron chi connectivity index (χ2n) is 4.54. The maximum Gasteiger partial charge on any atom is 0.409 e. The molecule has 1 aliphatic rings. The highest BCUT2D eigenvalue weighted by molar-refractivity contribution is 5.69. The van der Waals surface area contributed by atoms with Crippen molar-refractivity contribution in [3.05, 3.63) is 0 Å². The molecule has 0 aromatic heterocycles. The van der Waals surface area contributed by atoms with Crippen LogP contribution in [0.25, 0.3) is 0 Å². The normalized spacial score (nSPS) is 19.4. The SMILES string of the molecule is CCC1(N)CN(C(=O)OCC(C)C)C1. The topological polar surface area (TPSA) is 55.6 Å². The summed E-state index contributed by atoms with van der Waals surface area (Å²) in [6.07, 6.45) is 0.675. The lowest BCUT2D eigenvalue weighted by atomic mass is 9.89. The predicted molar refractivity (Wildman–Crippen MR) is 55.0 cm³/mol. The van der Waals surface area contributed by atoms with Crippen LogP contribution in [0.5, 0.6) is 0 Å². The Hall–Kier alpha value is -0.770. The first kappa shape index (κ1) is 11.3. The smallest absolute Gasteiger partial charge is 0.409 e. The molecule has 14 heavy (non-hydrogen) atoms. The van der Waals surface area contributed by atoms with E-state index in [2.05, 4.69) is 0 Å². The van der Waals surface area contributed by atoms with Crippen LogP contribution in [-0.4, -0.2) is 36.2 Å². The Morgan fingerprint density at radius 3 is 2.57 bits per heavy atom. The van der Waals surface area contributed by atoms with Crippen LogP contribution < -0.4 is 5.73 Å². The minimum Gasteiger partial charge on any atom is -0.449 e. The van der Waals surface area contributed by atoms with Gasteiger partial charge in [-0.15, -0.1) is 0 Å². The van der Waals surface area contributed by atoms with Gasteiger partial charge in [0.15, 0.2) is 0 Å². The highest BCUT2D eigenvalue weighted by atomic mass is 16.6. The van der Waals surface area contributed by atoms with Crippen LogP contribution in [0.4, 0.5) is 4.79 Å². The molecule has 0 aromatic rings. The number of rotatable bonds is 3. The molecular weight excluding hydrogens is 180 g/mol. The van der Waals surface area contributed by atoms with E-state index in [1.54, 1.807) is 4.90 Å². The van der Waals surface area contributed by atoms with E-state index >= 15 is 0 Å². The zero-order valence-electron chi connectivity index (χ0n) is 9.25. The molecule has 1 heterocycles. The van der Waals surface area contributed by atoms with Crippen molar-refractivity contribution in [2.45, 2.75) is 32.7 Å². The van der Waals surface area contributed by atoms with Gasteiger partial charge in [-0.25, -0.2) is 4.79 Å². The molecule has 0 spiro atoms. The molecule has 0 saturated carbocycles. The first-order valence-corrected chi connectivity index (χ1v) is 5.17. The molecule has 4 heteroatoms. The lowest BCUT2D eigenvalue weighted by molar-refractivity contribution is 0.0338. The maximum absolute atomic E-state index is 11.4. The van der Waals surface area contributed by atoms with Crippen molar-refractivity contribution < 1.29 is 9.53 Å². The number of ether oxygens (including phenoxy) is 1. The third-order valence-corrected chi connectivity index (χ3v) is 2.51. The van der Waals surface area contributed by atoms with E-state index in [1.165, 1.54) is 0 Å². The van der Waals surface area contributed by atoms with E-state index in [-0.39, 0.29) is 11.6 Å². The van der Waals surface area contributed by atoms with Gasteiger partial charge in [0, 0.05) is 13.1 Å². The number of nitrogens with zero attached hydrogens (tertiary/aromatic N) is 1. The van der Waals surface area contributed by atoms with Gasteiger partial charge in [0.2, 0.25) is 0 Å². The molecule has 1 saturated heterocycles. The van der Waals surface area contributed by atoms with Crippen LogP contribution >= 0.6 is 0 Å². The molecule has 1 aliphatic heterocycles. The number of likely N-dealkylation sites (tertiary alicyclic amines) is 1. The monoisotopic (exact) mass is 200 g/mol. The summed E-state index contributed by atoms with van der Waals surface area (Å²) in [5, 5.41) is 0. The molecular formula is C10H20N2O2. The summed E-state index contributed by atoms with van der Waals surface area (Å²) >= 11 is 0. The second-order valence-corrected chi connectivity index (χ2v) is 4.54. The molecule has 0 aromatic carbocycles. The molecule has 1 amide bonds. The Morgan fingerprint density at radius 1 is 1.57 bits per heavy atom. The van der Waals surface area contributed by atoms with E-state index in [4.69, 9.17) is 10.5 Å². The summed E-state index contributed by atoms with van der Waals surface area (Å²) in [4.78, 5) is 13.0. The molecule has 4 nitrogen and oxygen atoms in total. The molecule has 0 unspecified atom stereocenters. The minimum atomic E-state index is -0.228. The molecule has 1 fully saturated rings. The molecule has 0 radical (unpaired) electrons. The van der Waals surface area contributed by atoms with Gasteiger partial charge in [0.1, 0.15) is 0 Å². The molecule has 0 atom stereocenters. The van der Waals surface area contributed by atoms with E-state index in [1.807, 2.05) is 20.8 Å². The van der Waals surface area contributed by atoms with Crippen LogP contribution in [0.15, 0.2) is 0 Å². The summed E-state index contributed by atoms with van der Waals surface area (Å²) in [5.41, 5.74) is 5.77. The van der Waals surface area contributed by atoms with Crippen molar-refractivity contribution in [1.29, 1.82) is 0 Å². The van der Waals surface area contributed by atoms with Crippen LogP contribution in [0, 0.1) is 5.92 Å². The lowest BCUT2D eigenvalue weighted by Gasteiger charge is -2.46. The van der Waals surface area contributed by atoms with Crippen LogP contribution in [0.2, 0.25) is 0 Å². The van der Waals surface area contributed by atoms with Crippen molar-refractivity contribution in [3.63, 3.8) is 0 Å². The van der Waals surface area contributed by atoms with Crippen molar-refractivity contribution in [3.8, 4) is 0 Å². The van der Waals surface area contributed by atoms with Crippen molar-refractivity contribution in [2.24, 2.45) is 11.7 Å². The third kappa shape index (κ3) is 2.61. The molecule has 1 rings (SSSR count). The fraction of sp³-hybridized carbons (Fsp3) is 0.900. The highest BCUT2D eigenvalue weighted by Crippen LogP contribution is 2.21. The fourth-order valence-corrected chi connectivity index (χ4v) is 1.40. The highest BCUT2D eigenvalue weighted by Gasteiger charge is 2.41. The van der Waals surface area contributed by atoms with Gasteiger partial charge in [0.25, 0.3) is 0 Å². The van der Waals surface area contributed by atoms with Gasteiger partial charge in [-0.1, -0.05) is 20.8 Å². The van der Waals surface area contributed by atoms with Crippen LogP contribution in [-0.2, 0) is 4.74 Å². The first-order chi connectivity index (χ1) is 6.47. The molecule has 2 N–H and O–H groups in total. The largest absolute Gasteiger partial charge is 0.449 e. The van der Waals surface area contributed by atoms with Crippen molar-refractivity contribution >= 4 is 6.09 Å². The Balaban J connectivity index is 2.23. The van der Waals surface area contributed by atoms with E-state index in [9.17, 15) is 4.79 Å². The molecule has 82 valence electrons. The Kier molecular flexibility index (Phi) is 3.37. The number of hydrogen-bond acceptors (Lipinski definition) is 3. The van der Waals surface area contributed by atoms with Gasteiger partial charge < -0.3 is 15.4 Å². The second kappa shape index (κ2) is 4.17. The van der Waals surface area contributed by atoms with Gasteiger partial charge in [-0.3, -0.25) is 0 Å². The Bertz CT molecular complexity index is 210. The summed E-state index contributed by atoms with van der Waals surface area (Å²) < 4.78 is 5.08. The summed E-state index contributed by atoms with van der Waals surface area (Å²) in [5.74, 6) is 0.383. The Morgan fingerprint density at radius 2 is 2.14 bits per heavy atom. The van der Waals surface area contributed by atoms with Gasteiger partial charge in [0.05, 0.1) is 12.1 Å². The van der Waals surface area contributed by atoms with E-state index < -0.39 is 0 Å². The maximum atomic E-state index is 11.4. The molecule has 0 bridgehead atoms. The van der Waals surface area contributed by atoms with Gasteiger partial charge in [-0.05, 0) is 12.3 Å². The number of hydrogen-bond donors (Lipinski definition) is 1.